The lowest BCUT2D eigenvalue weighted by atomic mass is 9.98. The molecule has 0 amide bonds. The molecule has 0 saturated carbocycles. The van der Waals surface area contributed by atoms with E-state index in [0.717, 1.165) is 11.8 Å². The zero-order valence-corrected chi connectivity index (χ0v) is 11.0. The van der Waals surface area contributed by atoms with Gasteiger partial charge in [0.25, 0.3) is 0 Å². The maximum atomic E-state index is 9.11. The molecule has 0 spiro atoms. The van der Waals surface area contributed by atoms with Crippen molar-refractivity contribution in [2.75, 3.05) is 12.9 Å². The highest BCUT2D eigenvalue weighted by Crippen LogP contribution is 2.37. The van der Waals surface area contributed by atoms with Crippen LogP contribution < -0.4 is 4.74 Å². The first-order valence-corrected chi connectivity index (χ1v) is 6.98. The van der Waals surface area contributed by atoms with Crippen LogP contribution in [0.15, 0.2) is 29.2 Å². The van der Waals surface area contributed by atoms with Gasteiger partial charge in [-0.2, -0.15) is 5.26 Å². The summed E-state index contributed by atoms with van der Waals surface area (Å²) in [5, 5.41) is 11.5. The third kappa shape index (κ3) is 1.74. The van der Waals surface area contributed by atoms with Crippen molar-refractivity contribution in [1.82, 2.24) is 0 Å². The standard InChI is InChI=1S/C15H13NOS/c1-17-14-8-13-10(7-11(14)9-16)4-5-15-12(13)3-2-6-18-15/h4-5,7-8H,2-3,6H2,1H3. The van der Waals surface area contributed by atoms with Crippen molar-refractivity contribution in [3.8, 4) is 11.8 Å². The summed E-state index contributed by atoms with van der Waals surface area (Å²) in [6.45, 7) is 0. The number of methoxy groups -OCH3 is 1. The molecule has 0 atom stereocenters. The number of rotatable bonds is 1. The van der Waals surface area contributed by atoms with Gasteiger partial charge in [-0.05, 0) is 53.1 Å². The van der Waals surface area contributed by atoms with Crippen molar-refractivity contribution >= 4 is 22.5 Å². The summed E-state index contributed by atoms with van der Waals surface area (Å²) in [6.07, 6.45) is 2.34. The molecule has 0 fully saturated rings. The van der Waals surface area contributed by atoms with Crippen molar-refractivity contribution in [2.45, 2.75) is 17.7 Å². The summed E-state index contributed by atoms with van der Waals surface area (Å²) in [5.74, 6) is 1.88. The van der Waals surface area contributed by atoms with Crippen molar-refractivity contribution in [2.24, 2.45) is 0 Å². The number of hydrogen-bond acceptors (Lipinski definition) is 3. The second-order valence-corrected chi connectivity index (χ2v) is 5.52. The largest absolute Gasteiger partial charge is 0.495 e. The summed E-state index contributed by atoms with van der Waals surface area (Å²) in [6, 6.07) is 10.4. The van der Waals surface area contributed by atoms with Crippen molar-refractivity contribution < 1.29 is 4.74 Å². The molecule has 0 unspecified atom stereocenters. The van der Waals surface area contributed by atoms with E-state index in [-0.39, 0.29) is 0 Å². The molecule has 3 heteroatoms. The van der Waals surface area contributed by atoms with Crippen LogP contribution in [0.5, 0.6) is 5.75 Å². The maximum absolute atomic E-state index is 9.11. The van der Waals surface area contributed by atoms with Crippen molar-refractivity contribution in [1.29, 1.82) is 5.26 Å². The molecule has 0 aliphatic carbocycles. The molecular weight excluding hydrogens is 242 g/mol. The van der Waals surface area contributed by atoms with E-state index < -0.39 is 0 Å². The van der Waals surface area contributed by atoms with Crippen LogP contribution in [0.25, 0.3) is 10.8 Å². The molecule has 2 aromatic rings. The average molecular weight is 255 g/mol. The minimum absolute atomic E-state index is 0.605. The molecule has 0 saturated heterocycles. The SMILES string of the molecule is COc1cc2c3c(ccc2cc1C#N)SCCC3. The number of nitriles is 1. The van der Waals surface area contributed by atoms with Crippen LogP contribution in [0.4, 0.5) is 0 Å². The topological polar surface area (TPSA) is 33.0 Å². The minimum Gasteiger partial charge on any atom is -0.495 e. The number of ether oxygens (including phenoxy) is 1. The molecule has 0 aromatic heterocycles. The summed E-state index contributed by atoms with van der Waals surface area (Å²) in [7, 11) is 1.62. The van der Waals surface area contributed by atoms with Gasteiger partial charge >= 0.3 is 0 Å². The third-order valence-corrected chi connectivity index (χ3v) is 4.54. The summed E-state index contributed by atoms with van der Waals surface area (Å²) in [5.41, 5.74) is 2.01. The van der Waals surface area contributed by atoms with Gasteiger partial charge in [0.05, 0.1) is 12.7 Å². The van der Waals surface area contributed by atoms with E-state index in [1.165, 1.54) is 28.0 Å². The van der Waals surface area contributed by atoms with Crippen LogP contribution in [0.1, 0.15) is 17.5 Å². The maximum Gasteiger partial charge on any atom is 0.137 e. The fourth-order valence-corrected chi connectivity index (χ4v) is 3.53. The van der Waals surface area contributed by atoms with Gasteiger partial charge in [-0.3, -0.25) is 0 Å². The molecule has 1 aliphatic heterocycles. The molecule has 2 nitrogen and oxygen atoms in total. The fraction of sp³-hybridized carbons (Fsp3) is 0.267. The zero-order valence-electron chi connectivity index (χ0n) is 10.2. The average Bonchev–Trinajstić information content (AvgIpc) is 2.45. The number of hydrogen-bond donors (Lipinski definition) is 0. The zero-order chi connectivity index (χ0) is 12.5. The van der Waals surface area contributed by atoms with Crippen LogP contribution in [0.3, 0.4) is 0 Å². The Kier molecular flexibility index (Phi) is 2.89. The Balaban J connectivity index is 2.31. The highest BCUT2D eigenvalue weighted by Gasteiger charge is 2.15. The van der Waals surface area contributed by atoms with E-state index in [4.69, 9.17) is 10.00 Å². The van der Waals surface area contributed by atoms with E-state index in [1.807, 2.05) is 23.9 Å². The van der Waals surface area contributed by atoms with Gasteiger partial charge in [-0.1, -0.05) is 6.07 Å². The van der Waals surface area contributed by atoms with Gasteiger partial charge in [-0.15, -0.1) is 11.8 Å². The van der Waals surface area contributed by atoms with Crippen molar-refractivity contribution in [3.63, 3.8) is 0 Å². The number of benzene rings is 2. The monoisotopic (exact) mass is 255 g/mol. The van der Waals surface area contributed by atoms with E-state index in [2.05, 4.69) is 18.2 Å². The number of nitrogens with zero attached hydrogens (tertiary/aromatic N) is 1. The van der Waals surface area contributed by atoms with Gasteiger partial charge in [0, 0.05) is 4.90 Å². The Morgan fingerprint density at radius 1 is 1.33 bits per heavy atom. The van der Waals surface area contributed by atoms with E-state index in [0.29, 0.717) is 11.3 Å². The quantitative estimate of drug-likeness (QED) is 0.778. The van der Waals surface area contributed by atoms with Crippen molar-refractivity contribution in [3.05, 3.63) is 35.4 Å². The van der Waals surface area contributed by atoms with Gasteiger partial charge in [0.2, 0.25) is 0 Å². The van der Waals surface area contributed by atoms with E-state index in [1.54, 1.807) is 7.11 Å². The predicted octanol–water partition coefficient (Wildman–Crippen LogP) is 3.76. The summed E-state index contributed by atoms with van der Waals surface area (Å²) < 4.78 is 5.31. The lowest BCUT2D eigenvalue weighted by molar-refractivity contribution is 0.414. The number of fused-ring (bicyclic) bond motifs is 3. The van der Waals surface area contributed by atoms with Gasteiger partial charge < -0.3 is 4.74 Å². The molecule has 18 heavy (non-hydrogen) atoms. The molecular formula is C15H13NOS. The van der Waals surface area contributed by atoms with E-state index >= 15 is 0 Å². The van der Waals surface area contributed by atoms with Gasteiger partial charge in [-0.25, -0.2) is 0 Å². The first-order chi connectivity index (χ1) is 8.83. The van der Waals surface area contributed by atoms with Gasteiger partial charge in [0.1, 0.15) is 11.8 Å². The first-order valence-electron chi connectivity index (χ1n) is 6.00. The lowest BCUT2D eigenvalue weighted by Gasteiger charge is -2.18. The van der Waals surface area contributed by atoms with Crippen LogP contribution in [-0.4, -0.2) is 12.9 Å². The predicted molar refractivity (Wildman–Crippen MR) is 74.3 cm³/mol. The summed E-state index contributed by atoms with van der Waals surface area (Å²) >= 11 is 1.92. The van der Waals surface area contributed by atoms with E-state index in [9.17, 15) is 0 Å². The third-order valence-electron chi connectivity index (χ3n) is 3.36. The Morgan fingerprint density at radius 3 is 3.00 bits per heavy atom. The molecule has 2 aromatic carbocycles. The molecule has 1 heterocycles. The fourth-order valence-electron chi connectivity index (χ4n) is 2.48. The molecule has 3 rings (SSSR count). The lowest BCUT2D eigenvalue weighted by Crippen LogP contribution is -2.00. The summed E-state index contributed by atoms with van der Waals surface area (Å²) in [4.78, 5) is 1.38. The smallest absolute Gasteiger partial charge is 0.137 e. The Labute approximate surface area is 111 Å². The first kappa shape index (κ1) is 11.4. The highest BCUT2D eigenvalue weighted by atomic mass is 32.2. The van der Waals surface area contributed by atoms with Crippen LogP contribution in [0, 0.1) is 11.3 Å². The molecule has 1 aliphatic rings. The normalized spacial score (nSPS) is 14.0. The Hall–Kier alpha value is -1.66. The number of thioether (sulfide) groups is 1. The Morgan fingerprint density at radius 2 is 2.22 bits per heavy atom. The van der Waals surface area contributed by atoms with Gasteiger partial charge in [0.15, 0.2) is 0 Å². The van der Waals surface area contributed by atoms with Crippen LogP contribution >= 0.6 is 11.8 Å². The second kappa shape index (κ2) is 4.55. The minimum atomic E-state index is 0.605. The molecule has 0 bridgehead atoms. The Bertz CT molecular complexity index is 658. The number of aryl methyl sites for hydroxylation is 1. The molecule has 0 radical (unpaired) electrons. The van der Waals surface area contributed by atoms with Crippen LogP contribution in [0.2, 0.25) is 0 Å². The molecule has 0 N–H and O–H groups in total. The van der Waals surface area contributed by atoms with Crippen LogP contribution in [-0.2, 0) is 6.42 Å². The highest BCUT2D eigenvalue weighted by molar-refractivity contribution is 7.99. The molecule has 90 valence electrons. The second-order valence-electron chi connectivity index (χ2n) is 4.38.